The number of carbonyl (C=O) groups excluding carboxylic acids is 1. The first-order valence-corrected chi connectivity index (χ1v) is 11.5. The quantitative estimate of drug-likeness (QED) is 0.546. The summed E-state index contributed by atoms with van der Waals surface area (Å²) in [5.41, 5.74) is 0.934. The molecule has 3 heterocycles. The molecular formula is C25H32BN4O4+. The molecule has 34 heavy (non-hydrogen) atoms. The van der Waals surface area contributed by atoms with Crippen LogP contribution < -0.4 is 5.46 Å². The van der Waals surface area contributed by atoms with E-state index >= 15 is 0 Å². The predicted octanol–water partition coefficient (Wildman–Crippen LogP) is 4.16. The van der Waals surface area contributed by atoms with Gasteiger partial charge in [-0.1, -0.05) is 24.3 Å². The molecular weight excluding hydrogens is 431 g/mol. The molecule has 1 unspecified atom stereocenters. The number of rotatable bonds is 3. The highest BCUT2D eigenvalue weighted by molar-refractivity contribution is 6.62. The van der Waals surface area contributed by atoms with Crippen molar-refractivity contribution >= 4 is 18.7 Å². The molecule has 0 spiro atoms. The van der Waals surface area contributed by atoms with Gasteiger partial charge in [-0.05, 0) is 45.6 Å². The molecule has 1 amide bonds. The third-order valence-corrected chi connectivity index (χ3v) is 6.54. The number of hydrogen-bond donors (Lipinski definition) is 1. The Hall–Kier alpha value is -2.96. The van der Waals surface area contributed by atoms with Crippen LogP contribution in [0.2, 0.25) is 0 Å². The minimum Gasteiger partial charge on any atom is -0.444 e. The zero-order valence-corrected chi connectivity index (χ0v) is 20.7. The highest BCUT2D eigenvalue weighted by Gasteiger charge is 2.57. The van der Waals surface area contributed by atoms with Crippen LogP contribution in [0.3, 0.4) is 0 Å². The van der Waals surface area contributed by atoms with E-state index in [2.05, 4.69) is 21.7 Å². The second-order valence-electron chi connectivity index (χ2n) is 10.8. The maximum atomic E-state index is 12.8. The van der Waals surface area contributed by atoms with Crippen LogP contribution in [0.1, 0.15) is 59.8 Å². The molecule has 2 aliphatic heterocycles. The van der Waals surface area contributed by atoms with Gasteiger partial charge in [0, 0.05) is 6.92 Å². The third kappa shape index (κ3) is 4.66. The highest BCUT2D eigenvalue weighted by Crippen LogP contribution is 2.37. The number of aromatic amines is 1. The van der Waals surface area contributed by atoms with Crippen molar-refractivity contribution in [1.29, 1.82) is 0 Å². The van der Waals surface area contributed by atoms with Crippen molar-refractivity contribution in [1.82, 2.24) is 14.9 Å². The number of ether oxygens (including phenoxy) is 1. The Kier molecular flexibility index (Phi) is 5.95. The second kappa shape index (κ2) is 8.37. The van der Waals surface area contributed by atoms with Crippen LogP contribution in [0.4, 0.5) is 4.79 Å². The number of benzene rings is 1. The van der Waals surface area contributed by atoms with Crippen molar-refractivity contribution in [3.8, 4) is 11.3 Å². The van der Waals surface area contributed by atoms with Gasteiger partial charge < -0.3 is 23.9 Å². The Labute approximate surface area is 202 Å². The van der Waals surface area contributed by atoms with E-state index in [1.807, 2.05) is 65.8 Å². The number of likely N-dealkylation sites (tertiary alicyclic amines) is 1. The molecule has 2 aliphatic rings. The number of hydrogen-bond acceptors (Lipinski definition) is 5. The van der Waals surface area contributed by atoms with Crippen molar-refractivity contribution < 1.29 is 18.8 Å². The van der Waals surface area contributed by atoms with Crippen molar-refractivity contribution in [2.24, 2.45) is 0 Å². The molecule has 1 aromatic heterocycles. The number of imidazole rings is 1. The SMILES string of the molecule is [C-]#[N+][C@H]1C[C@@H](c2ncc(-c3ccc(B4OC([CH2+])(C)C(C)(C)O4)cc3)[nH]2)N(C(=O)OC(C)(C)C)C1. The molecule has 2 aromatic rings. The Morgan fingerprint density at radius 2 is 1.97 bits per heavy atom. The molecule has 3 atom stereocenters. The number of H-pyrrole nitrogens is 1. The summed E-state index contributed by atoms with van der Waals surface area (Å²) in [7, 11) is -0.477. The molecule has 4 rings (SSSR count). The molecule has 2 fully saturated rings. The first-order valence-electron chi connectivity index (χ1n) is 11.5. The Bertz CT molecular complexity index is 1080. The first kappa shape index (κ1) is 24.2. The minimum absolute atomic E-state index is 0.278. The van der Waals surface area contributed by atoms with Crippen molar-refractivity contribution in [2.45, 2.75) is 76.9 Å². The standard InChI is InChI=1S/C25H32BN4O4/c1-23(2,3)32-22(31)30-15-18(27-8)13-20(30)21-28-14-19(29-21)16-9-11-17(12-10-16)26-33-24(4,5)25(6,7)34-26/h9-12,14,18,20H,4,13,15H2,1-3,5-7H3,(H,28,29)/q+1/t18-,20-,24?/m0/s1. The van der Waals surface area contributed by atoms with E-state index in [0.29, 0.717) is 18.8 Å². The van der Waals surface area contributed by atoms with Crippen LogP contribution in [-0.2, 0) is 14.0 Å². The molecule has 2 saturated heterocycles. The lowest BCUT2D eigenvalue weighted by Crippen LogP contribution is -2.42. The van der Waals surface area contributed by atoms with Gasteiger partial charge in [-0.3, -0.25) is 4.90 Å². The van der Waals surface area contributed by atoms with Gasteiger partial charge in [0.1, 0.15) is 29.6 Å². The van der Waals surface area contributed by atoms with Crippen molar-refractivity contribution in [2.75, 3.05) is 6.54 Å². The Morgan fingerprint density at radius 1 is 1.29 bits per heavy atom. The summed E-state index contributed by atoms with van der Waals surface area (Å²) in [6.07, 6.45) is 1.84. The van der Waals surface area contributed by atoms with E-state index in [9.17, 15) is 4.79 Å². The van der Waals surface area contributed by atoms with Crippen LogP contribution in [0.25, 0.3) is 16.1 Å². The average Bonchev–Trinajstić information content (AvgIpc) is 3.43. The molecule has 0 aliphatic carbocycles. The normalized spacial score (nSPS) is 26.5. The first-order chi connectivity index (χ1) is 15.8. The van der Waals surface area contributed by atoms with Gasteiger partial charge >= 0.3 is 13.2 Å². The van der Waals surface area contributed by atoms with E-state index in [-0.39, 0.29) is 12.1 Å². The zero-order valence-electron chi connectivity index (χ0n) is 20.7. The van der Waals surface area contributed by atoms with Crippen LogP contribution >= 0.6 is 0 Å². The highest BCUT2D eigenvalue weighted by atomic mass is 16.7. The Balaban J connectivity index is 1.51. The van der Waals surface area contributed by atoms with Gasteiger partial charge in [-0.25, -0.2) is 16.4 Å². The van der Waals surface area contributed by atoms with E-state index in [1.165, 1.54) is 0 Å². The zero-order chi connectivity index (χ0) is 24.9. The fourth-order valence-corrected chi connectivity index (χ4v) is 4.09. The van der Waals surface area contributed by atoms with Gasteiger partial charge in [0.2, 0.25) is 11.6 Å². The van der Waals surface area contributed by atoms with E-state index in [4.69, 9.17) is 20.6 Å². The lowest BCUT2D eigenvalue weighted by Gasteiger charge is -2.27. The number of amides is 1. The topological polar surface area (TPSA) is 81.0 Å². The fraction of sp³-hybridized carbons (Fsp3) is 0.520. The van der Waals surface area contributed by atoms with Gasteiger partial charge in [-0.2, -0.15) is 0 Å². The Morgan fingerprint density at radius 3 is 2.53 bits per heavy atom. The van der Waals surface area contributed by atoms with Gasteiger partial charge in [0.25, 0.3) is 0 Å². The second-order valence-corrected chi connectivity index (χ2v) is 10.8. The van der Waals surface area contributed by atoms with E-state index in [0.717, 1.165) is 16.7 Å². The molecule has 9 heteroatoms. The maximum absolute atomic E-state index is 12.8. The third-order valence-electron chi connectivity index (χ3n) is 6.54. The van der Waals surface area contributed by atoms with Gasteiger partial charge in [0.15, 0.2) is 0 Å². The predicted molar refractivity (Wildman–Crippen MR) is 130 cm³/mol. The smallest absolute Gasteiger partial charge is 0.444 e. The summed E-state index contributed by atoms with van der Waals surface area (Å²) in [5, 5.41) is 0. The molecule has 0 bridgehead atoms. The molecule has 0 radical (unpaired) electrons. The average molecular weight is 463 g/mol. The molecule has 8 nitrogen and oxygen atoms in total. The van der Waals surface area contributed by atoms with Crippen molar-refractivity contribution in [3.63, 3.8) is 0 Å². The summed E-state index contributed by atoms with van der Waals surface area (Å²) in [5.74, 6) is 0.646. The van der Waals surface area contributed by atoms with E-state index < -0.39 is 30.0 Å². The van der Waals surface area contributed by atoms with Gasteiger partial charge in [0.05, 0.1) is 25.2 Å². The minimum atomic E-state index is -0.640. The van der Waals surface area contributed by atoms with Crippen LogP contribution in [-0.4, -0.2) is 57.5 Å². The summed E-state index contributed by atoms with van der Waals surface area (Å²) < 4.78 is 17.7. The lowest BCUT2D eigenvalue weighted by atomic mass is 9.79. The molecule has 0 saturated carbocycles. The maximum Gasteiger partial charge on any atom is 0.497 e. The van der Waals surface area contributed by atoms with Crippen molar-refractivity contribution in [3.05, 3.63) is 54.6 Å². The number of aromatic nitrogens is 2. The summed E-state index contributed by atoms with van der Waals surface area (Å²) >= 11 is 0. The monoisotopic (exact) mass is 463 g/mol. The molecule has 1 aromatic carbocycles. The summed E-state index contributed by atoms with van der Waals surface area (Å²) in [6, 6.07) is 7.28. The molecule has 178 valence electrons. The van der Waals surface area contributed by atoms with Crippen LogP contribution in [0.15, 0.2) is 30.5 Å². The van der Waals surface area contributed by atoms with Crippen LogP contribution in [0.5, 0.6) is 0 Å². The number of nitrogens with zero attached hydrogens (tertiary/aromatic N) is 3. The van der Waals surface area contributed by atoms with Gasteiger partial charge in [-0.15, -0.1) is 0 Å². The summed E-state index contributed by atoms with van der Waals surface area (Å²) in [6.45, 7) is 23.3. The fourth-order valence-electron chi connectivity index (χ4n) is 4.09. The number of carbonyl (C=O) groups is 1. The van der Waals surface area contributed by atoms with Crippen LogP contribution in [0, 0.1) is 13.5 Å². The lowest BCUT2D eigenvalue weighted by molar-refractivity contribution is 0.0218. The largest absolute Gasteiger partial charge is 0.497 e. The van der Waals surface area contributed by atoms with E-state index in [1.54, 1.807) is 11.1 Å². The summed E-state index contributed by atoms with van der Waals surface area (Å²) in [4.78, 5) is 25.9. The molecule has 1 N–H and O–H groups in total. The number of nitrogens with one attached hydrogen (secondary N) is 1.